The Balaban J connectivity index is 2.55. The molecule has 8 heteroatoms. The fourth-order valence-corrected chi connectivity index (χ4v) is 2.06. The molecule has 0 radical (unpaired) electrons. The van der Waals surface area contributed by atoms with Crippen LogP contribution in [-0.2, 0) is 0 Å². The quantitative estimate of drug-likeness (QED) is 0.271. The minimum absolute atomic E-state index is 0.193. The van der Waals surface area contributed by atoms with Gasteiger partial charge in [-0.15, -0.1) is 0 Å². The van der Waals surface area contributed by atoms with E-state index in [0.717, 1.165) is 16.9 Å². The largest absolute Gasteiger partial charge is 0.354 e. The second-order valence-corrected chi connectivity index (χ2v) is 3.94. The van der Waals surface area contributed by atoms with Crippen LogP contribution in [0.2, 0.25) is 0 Å². The van der Waals surface area contributed by atoms with Gasteiger partial charge in [0.25, 0.3) is 0 Å². The molecule has 0 unspecified atom stereocenters. The van der Waals surface area contributed by atoms with Crippen LogP contribution >= 0.6 is 11.3 Å². The molecule has 0 saturated heterocycles. The number of azide groups is 1. The van der Waals surface area contributed by atoms with E-state index in [1.807, 2.05) is 6.07 Å². The predicted octanol–water partition coefficient (Wildman–Crippen LogP) is 3.66. The Morgan fingerprint density at radius 3 is 2.71 bits per heavy atom. The van der Waals surface area contributed by atoms with Gasteiger partial charge < -0.3 is 0 Å². The SMILES string of the molecule is [N-]=[N+]=Nc1nc(-c2ccccc2)sc1[N+](=O)[O-]. The highest BCUT2D eigenvalue weighted by molar-refractivity contribution is 7.18. The van der Waals surface area contributed by atoms with Gasteiger partial charge in [-0.05, 0) is 22.0 Å². The van der Waals surface area contributed by atoms with Crippen LogP contribution in [0, 0.1) is 10.1 Å². The number of aromatic nitrogens is 1. The molecule has 0 aliphatic carbocycles. The first-order valence-corrected chi connectivity index (χ1v) is 5.30. The van der Waals surface area contributed by atoms with E-state index in [0.29, 0.717) is 5.01 Å². The maximum atomic E-state index is 10.7. The number of benzene rings is 1. The molecule has 0 N–H and O–H groups in total. The molecular weight excluding hydrogens is 242 g/mol. The predicted molar refractivity (Wildman–Crippen MR) is 63.0 cm³/mol. The van der Waals surface area contributed by atoms with Crippen molar-refractivity contribution in [1.82, 2.24) is 4.98 Å². The minimum Gasteiger partial charge on any atom is -0.257 e. The van der Waals surface area contributed by atoms with E-state index < -0.39 is 4.92 Å². The molecule has 1 aromatic heterocycles. The lowest BCUT2D eigenvalue weighted by Crippen LogP contribution is -1.82. The van der Waals surface area contributed by atoms with Crippen molar-refractivity contribution in [2.45, 2.75) is 0 Å². The van der Waals surface area contributed by atoms with Gasteiger partial charge in [0.05, 0.1) is 4.92 Å². The molecular formula is C9H5N5O2S. The van der Waals surface area contributed by atoms with Gasteiger partial charge in [-0.3, -0.25) is 10.1 Å². The Hall–Kier alpha value is -2.44. The van der Waals surface area contributed by atoms with Crippen molar-refractivity contribution in [1.29, 1.82) is 0 Å². The maximum Gasteiger partial charge on any atom is 0.354 e. The number of thiazole rings is 1. The van der Waals surface area contributed by atoms with E-state index in [9.17, 15) is 10.1 Å². The van der Waals surface area contributed by atoms with Gasteiger partial charge in [-0.2, -0.15) is 0 Å². The summed E-state index contributed by atoms with van der Waals surface area (Å²) in [4.78, 5) is 16.6. The summed E-state index contributed by atoms with van der Waals surface area (Å²) >= 11 is 0.886. The van der Waals surface area contributed by atoms with E-state index in [-0.39, 0.29) is 10.8 Å². The monoisotopic (exact) mass is 247 g/mol. The van der Waals surface area contributed by atoms with E-state index in [2.05, 4.69) is 15.0 Å². The zero-order valence-electron chi connectivity index (χ0n) is 8.35. The van der Waals surface area contributed by atoms with Gasteiger partial charge in [0, 0.05) is 10.5 Å². The number of nitro groups is 1. The van der Waals surface area contributed by atoms with Crippen LogP contribution in [-0.4, -0.2) is 9.91 Å². The van der Waals surface area contributed by atoms with Crippen LogP contribution < -0.4 is 0 Å². The molecule has 1 heterocycles. The molecule has 17 heavy (non-hydrogen) atoms. The van der Waals surface area contributed by atoms with Crippen molar-refractivity contribution >= 4 is 22.2 Å². The third-order valence-electron chi connectivity index (χ3n) is 1.92. The second-order valence-electron chi connectivity index (χ2n) is 2.96. The smallest absolute Gasteiger partial charge is 0.257 e. The Kier molecular flexibility index (Phi) is 2.99. The lowest BCUT2D eigenvalue weighted by atomic mass is 10.2. The first-order valence-electron chi connectivity index (χ1n) is 4.48. The summed E-state index contributed by atoms with van der Waals surface area (Å²) < 4.78 is 0. The van der Waals surface area contributed by atoms with Gasteiger partial charge in [0.2, 0.25) is 5.82 Å². The van der Waals surface area contributed by atoms with Gasteiger partial charge in [-0.1, -0.05) is 30.3 Å². The molecule has 0 aliphatic rings. The topological polar surface area (TPSA) is 105 Å². The Morgan fingerprint density at radius 2 is 2.12 bits per heavy atom. The van der Waals surface area contributed by atoms with E-state index in [4.69, 9.17) is 5.53 Å². The first-order chi connectivity index (χ1) is 8.22. The van der Waals surface area contributed by atoms with E-state index in [1.165, 1.54) is 0 Å². The van der Waals surface area contributed by atoms with Crippen LogP contribution in [0.5, 0.6) is 0 Å². The highest BCUT2D eigenvalue weighted by atomic mass is 32.1. The molecule has 0 aliphatic heterocycles. The van der Waals surface area contributed by atoms with Crippen molar-refractivity contribution < 1.29 is 4.92 Å². The molecule has 1 aromatic carbocycles. The van der Waals surface area contributed by atoms with Crippen LogP contribution in [0.15, 0.2) is 35.4 Å². The van der Waals surface area contributed by atoms with Crippen LogP contribution in [0.25, 0.3) is 21.0 Å². The fraction of sp³-hybridized carbons (Fsp3) is 0. The van der Waals surface area contributed by atoms with Crippen LogP contribution in [0.1, 0.15) is 0 Å². The van der Waals surface area contributed by atoms with Crippen molar-refractivity contribution in [3.8, 4) is 10.6 Å². The molecule has 84 valence electrons. The van der Waals surface area contributed by atoms with Gasteiger partial charge in [-0.25, -0.2) is 4.98 Å². The molecule has 0 saturated carbocycles. The fourth-order valence-electron chi connectivity index (χ4n) is 1.23. The number of hydrogen-bond acceptors (Lipinski definition) is 5. The third-order valence-corrected chi connectivity index (χ3v) is 2.96. The lowest BCUT2D eigenvalue weighted by molar-refractivity contribution is -0.379. The minimum atomic E-state index is -0.603. The molecule has 0 atom stereocenters. The van der Waals surface area contributed by atoms with Crippen molar-refractivity contribution in [3.05, 3.63) is 50.9 Å². The maximum absolute atomic E-state index is 10.7. The Morgan fingerprint density at radius 1 is 1.41 bits per heavy atom. The molecule has 2 rings (SSSR count). The molecule has 2 aromatic rings. The van der Waals surface area contributed by atoms with Crippen LogP contribution in [0.4, 0.5) is 10.8 Å². The first kappa shape index (κ1) is 11.1. The third kappa shape index (κ3) is 2.22. The second kappa shape index (κ2) is 4.60. The zero-order chi connectivity index (χ0) is 12.3. The summed E-state index contributed by atoms with van der Waals surface area (Å²) in [7, 11) is 0. The van der Waals surface area contributed by atoms with Gasteiger partial charge in [0.1, 0.15) is 5.01 Å². The van der Waals surface area contributed by atoms with Gasteiger partial charge in [0.15, 0.2) is 0 Å². The summed E-state index contributed by atoms with van der Waals surface area (Å²) in [5, 5.41) is 14.2. The van der Waals surface area contributed by atoms with Crippen molar-refractivity contribution in [3.63, 3.8) is 0 Å². The van der Waals surface area contributed by atoms with Crippen molar-refractivity contribution in [2.24, 2.45) is 5.11 Å². The van der Waals surface area contributed by atoms with Gasteiger partial charge >= 0.3 is 5.00 Å². The van der Waals surface area contributed by atoms with Crippen molar-refractivity contribution in [2.75, 3.05) is 0 Å². The molecule has 0 amide bonds. The Bertz CT molecular complexity index is 584. The average molecular weight is 247 g/mol. The van der Waals surface area contributed by atoms with E-state index >= 15 is 0 Å². The standard InChI is InChI=1S/C9H5N5O2S/c10-13-12-7-9(14(15)16)17-8(11-7)6-4-2-1-3-5-6/h1-5H. The molecule has 7 nitrogen and oxygen atoms in total. The number of hydrogen-bond donors (Lipinski definition) is 0. The number of nitrogens with zero attached hydrogens (tertiary/aromatic N) is 5. The summed E-state index contributed by atoms with van der Waals surface area (Å²) in [5.41, 5.74) is 9.06. The molecule has 0 bridgehead atoms. The highest BCUT2D eigenvalue weighted by Crippen LogP contribution is 2.38. The van der Waals surface area contributed by atoms with E-state index in [1.54, 1.807) is 24.3 Å². The Labute approximate surface area is 99.1 Å². The molecule has 0 spiro atoms. The zero-order valence-corrected chi connectivity index (χ0v) is 9.16. The summed E-state index contributed by atoms with van der Waals surface area (Å²) in [6.07, 6.45) is 0. The summed E-state index contributed by atoms with van der Waals surface area (Å²) in [6, 6.07) is 9.00. The summed E-state index contributed by atoms with van der Waals surface area (Å²) in [5.74, 6) is -0.193. The molecule has 0 fully saturated rings. The average Bonchev–Trinajstić information content (AvgIpc) is 2.75. The van der Waals surface area contributed by atoms with Crippen LogP contribution in [0.3, 0.4) is 0 Å². The number of rotatable bonds is 3. The lowest BCUT2D eigenvalue weighted by Gasteiger charge is -1.91. The highest BCUT2D eigenvalue weighted by Gasteiger charge is 2.20. The normalized spacial score (nSPS) is 9.65. The summed E-state index contributed by atoms with van der Waals surface area (Å²) in [6.45, 7) is 0.